The van der Waals surface area contributed by atoms with Crippen LogP contribution in [0.5, 0.6) is 0 Å². The molecule has 3 fully saturated rings. The summed E-state index contributed by atoms with van der Waals surface area (Å²) in [4.78, 5) is 19.0. The number of benzene rings is 1. The summed E-state index contributed by atoms with van der Waals surface area (Å²) in [6, 6.07) is 7.40. The topological polar surface area (TPSA) is 57.7 Å². The molecule has 3 heterocycles. The van der Waals surface area contributed by atoms with Gasteiger partial charge in [0.05, 0.1) is 22.4 Å². The van der Waals surface area contributed by atoms with Crippen molar-refractivity contribution in [1.82, 2.24) is 4.90 Å². The third kappa shape index (κ3) is 5.79. The average molecular weight is 493 g/mol. The van der Waals surface area contributed by atoms with Crippen LogP contribution in [0.3, 0.4) is 0 Å². The van der Waals surface area contributed by atoms with Gasteiger partial charge in [-0.15, -0.1) is 0 Å². The molecule has 3 aliphatic rings. The number of sulfone groups is 1. The van der Waals surface area contributed by atoms with Crippen molar-refractivity contribution < 1.29 is 13.2 Å². The van der Waals surface area contributed by atoms with Gasteiger partial charge in [-0.1, -0.05) is 32.6 Å². The second-order valence-electron chi connectivity index (χ2n) is 10.1. The third-order valence-electron chi connectivity index (χ3n) is 7.72. The monoisotopic (exact) mass is 492 g/mol. The fraction of sp³-hybridized carbons (Fsp3) is 0.731. The number of thioether (sulfide) groups is 1. The van der Waals surface area contributed by atoms with Crippen LogP contribution in [0.2, 0.25) is 0 Å². The molecule has 4 rings (SSSR count). The van der Waals surface area contributed by atoms with E-state index >= 15 is 0 Å². The standard InChI is InChI=1S/C26H40N2O3S2/c1-3-4-5-6-7-17-28-23(25(29)24-9-8-19-32-24)15-10-20-16-18-27(26(20)28)21-11-13-22(14-12-21)33(2,30)31/h11-14,20,23-24,26H,3-10,15-19H2,1-2H3. The zero-order valence-corrected chi connectivity index (χ0v) is 21.9. The van der Waals surface area contributed by atoms with Gasteiger partial charge in [0.1, 0.15) is 0 Å². The molecule has 7 heteroatoms. The van der Waals surface area contributed by atoms with E-state index in [4.69, 9.17) is 0 Å². The summed E-state index contributed by atoms with van der Waals surface area (Å²) in [6.07, 6.45) is 13.1. The Balaban J connectivity index is 1.56. The van der Waals surface area contributed by atoms with E-state index in [0.717, 1.165) is 63.1 Å². The number of carbonyl (C=O) groups is 1. The van der Waals surface area contributed by atoms with Crippen molar-refractivity contribution in [2.75, 3.05) is 30.0 Å². The molecular weight excluding hydrogens is 452 g/mol. The Hall–Kier alpha value is -1.05. The van der Waals surface area contributed by atoms with Crippen molar-refractivity contribution in [2.45, 2.75) is 93.5 Å². The molecule has 0 spiro atoms. The largest absolute Gasteiger partial charge is 0.355 e. The zero-order valence-electron chi connectivity index (χ0n) is 20.2. The number of anilines is 1. The summed E-state index contributed by atoms with van der Waals surface area (Å²) in [5.74, 6) is 2.16. The van der Waals surface area contributed by atoms with Gasteiger partial charge in [0.2, 0.25) is 0 Å². The van der Waals surface area contributed by atoms with Crippen LogP contribution in [0.4, 0.5) is 5.69 Å². The van der Waals surface area contributed by atoms with Crippen LogP contribution in [0, 0.1) is 5.92 Å². The number of Topliss-reactive ketones (excluding diaryl/α,β-unsaturated/α-hetero) is 1. The molecule has 0 N–H and O–H groups in total. The molecule has 0 aliphatic carbocycles. The smallest absolute Gasteiger partial charge is 0.175 e. The van der Waals surface area contributed by atoms with Crippen LogP contribution in [0.25, 0.3) is 0 Å². The molecule has 0 bridgehead atoms. The fourth-order valence-electron chi connectivity index (χ4n) is 5.98. The third-order valence-corrected chi connectivity index (χ3v) is 10.2. The lowest BCUT2D eigenvalue weighted by molar-refractivity contribution is -0.127. The van der Waals surface area contributed by atoms with Crippen molar-refractivity contribution in [3.05, 3.63) is 24.3 Å². The Bertz CT molecular complexity index is 897. The van der Waals surface area contributed by atoms with Gasteiger partial charge in [-0.25, -0.2) is 8.42 Å². The van der Waals surface area contributed by atoms with E-state index in [1.54, 1.807) is 12.1 Å². The summed E-state index contributed by atoms with van der Waals surface area (Å²) in [6.45, 7) is 4.20. The second kappa shape index (κ2) is 11.1. The highest BCUT2D eigenvalue weighted by atomic mass is 32.2. The average Bonchev–Trinajstić information content (AvgIpc) is 3.48. The fourth-order valence-corrected chi connectivity index (χ4v) is 7.88. The molecule has 4 unspecified atom stereocenters. The molecule has 1 aromatic carbocycles. The van der Waals surface area contributed by atoms with E-state index in [-0.39, 0.29) is 17.5 Å². The summed E-state index contributed by atoms with van der Waals surface area (Å²) < 4.78 is 23.8. The molecule has 0 amide bonds. The van der Waals surface area contributed by atoms with Crippen LogP contribution < -0.4 is 4.90 Å². The van der Waals surface area contributed by atoms with E-state index in [0.29, 0.717) is 16.6 Å². The molecule has 1 aromatic rings. The van der Waals surface area contributed by atoms with Crippen LogP contribution in [0.1, 0.15) is 71.1 Å². The number of piperidine rings is 1. The summed E-state index contributed by atoms with van der Waals surface area (Å²) in [5.41, 5.74) is 1.08. The first-order valence-corrected chi connectivity index (χ1v) is 15.8. The van der Waals surface area contributed by atoms with Gasteiger partial charge >= 0.3 is 0 Å². The molecule has 0 saturated carbocycles. The zero-order chi connectivity index (χ0) is 23.4. The quantitative estimate of drug-likeness (QED) is 0.422. The highest BCUT2D eigenvalue weighted by Gasteiger charge is 2.47. The Morgan fingerprint density at radius 1 is 1.03 bits per heavy atom. The number of hydrogen-bond donors (Lipinski definition) is 0. The van der Waals surface area contributed by atoms with Crippen molar-refractivity contribution >= 4 is 33.1 Å². The lowest BCUT2D eigenvalue weighted by Crippen LogP contribution is -2.59. The lowest BCUT2D eigenvalue weighted by Gasteiger charge is -2.47. The number of rotatable bonds is 10. The molecule has 184 valence electrons. The van der Waals surface area contributed by atoms with Crippen molar-refractivity contribution in [3.8, 4) is 0 Å². The van der Waals surface area contributed by atoms with E-state index in [9.17, 15) is 13.2 Å². The van der Waals surface area contributed by atoms with E-state index in [1.807, 2.05) is 23.9 Å². The van der Waals surface area contributed by atoms with Gasteiger partial charge in [0.15, 0.2) is 15.6 Å². The number of nitrogens with zero attached hydrogens (tertiary/aromatic N) is 2. The predicted octanol–water partition coefficient (Wildman–Crippen LogP) is 5.14. The van der Waals surface area contributed by atoms with Gasteiger partial charge < -0.3 is 4.90 Å². The van der Waals surface area contributed by atoms with Gasteiger partial charge in [0.25, 0.3) is 0 Å². The SMILES string of the molecule is CCCCCCCN1C(C(=O)C2CCCS2)CCC2CCN(c3ccc(S(C)(=O)=O)cc3)C21. The number of carbonyl (C=O) groups excluding carboxylic acids is 1. The molecule has 5 nitrogen and oxygen atoms in total. The number of ketones is 1. The summed E-state index contributed by atoms with van der Waals surface area (Å²) in [5, 5.41) is 0.179. The molecular formula is C26H40N2O3S2. The summed E-state index contributed by atoms with van der Waals surface area (Å²) >= 11 is 1.86. The van der Waals surface area contributed by atoms with Crippen LogP contribution >= 0.6 is 11.8 Å². The Labute approximate surface area is 204 Å². The van der Waals surface area contributed by atoms with Crippen molar-refractivity contribution in [3.63, 3.8) is 0 Å². The minimum absolute atomic E-state index is 0.0314. The first-order valence-electron chi connectivity index (χ1n) is 12.9. The number of unbranched alkanes of at least 4 members (excludes halogenated alkanes) is 4. The maximum atomic E-state index is 13.6. The maximum absolute atomic E-state index is 13.6. The first-order chi connectivity index (χ1) is 15.9. The van der Waals surface area contributed by atoms with E-state index < -0.39 is 9.84 Å². The highest BCUT2D eigenvalue weighted by molar-refractivity contribution is 8.00. The lowest BCUT2D eigenvalue weighted by atomic mass is 9.86. The van der Waals surface area contributed by atoms with Crippen LogP contribution in [0.15, 0.2) is 29.2 Å². The Kier molecular flexibility index (Phi) is 8.45. The normalized spacial score (nSPS) is 28.2. The maximum Gasteiger partial charge on any atom is 0.175 e. The molecule has 0 radical (unpaired) electrons. The van der Waals surface area contributed by atoms with Gasteiger partial charge in [-0.2, -0.15) is 11.8 Å². The minimum Gasteiger partial charge on any atom is -0.355 e. The van der Waals surface area contributed by atoms with Gasteiger partial charge in [0, 0.05) is 25.0 Å². The van der Waals surface area contributed by atoms with Crippen LogP contribution in [-0.4, -0.2) is 61.7 Å². The van der Waals surface area contributed by atoms with Crippen molar-refractivity contribution in [2.24, 2.45) is 5.92 Å². The molecule has 4 atom stereocenters. The summed E-state index contributed by atoms with van der Waals surface area (Å²) in [7, 11) is -3.20. The predicted molar refractivity (Wildman–Crippen MR) is 138 cm³/mol. The van der Waals surface area contributed by atoms with Crippen molar-refractivity contribution in [1.29, 1.82) is 0 Å². The molecule has 3 aliphatic heterocycles. The molecule has 3 saturated heterocycles. The number of hydrogen-bond acceptors (Lipinski definition) is 6. The first kappa shape index (κ1) is 25.1. The van der Waals surface area contributed by atoms with Gasteiger partial charge in [-0.05, 0) is 74.5 Å². The van der Waals surface area contributed by atoms with E-state index in [1.165, 1.54) is 31.9 Å². The Morgan fingerprint density at radius 2 is 1.79 bits per heavy atom. The molecule has 33 heavy (non-hydrogen) atoms. The highest BCUT2D eigenvalue weighted by Crippen LogP contribution is 2.42. The number of likely N-dealkylation sites (tertiary alicyclic amines) is 1. The van der Waals surface area contributed by atoms with Crippen LogP contribution in [-0.2, 0) is 14.6 Å². The Morgan fingerprint density at radius 3 is 2.45 bits per heavy atom. The number of fused-ring (bicyclic) bond motifs is 1. The van der Waals surface area contributed by atoms with E-state index in [2.05, 4.69) is 16.7 Å². The molecule has 0 aromatic heterocycles. The van der Waals surface area contributed by atoms with Gasteiger partial charge in [-0.3, -0.25) is 9.69 Å². The minimum atomic E-state index is -3.20. The second-order valence-corrected chi connectivity index (χ2v) is 13.4.